The van der Waals surface area contributed by atoms with Crippen LogP contribution < -0.4 is 0 Å². The van der Waals surface area contributed by atoms with Crippen molar-refractivity contribution in [1.29, 1.82) is 5.26 Å². The molecule has 0 fully saturated rings. The Morgan fingerprint density at radius 1 is 1.33 bits per heavy atom. The van der Waals surface area contributed by atoms with Gasteiger partial charge in [-0.3, -0.25) is 5.10 Å². The Kier molecular flexibility index (Phi) is 2.40. The van der Waals surface area contributed by atoms with Crippen LogP contribution in [-0.2, 0) is 0 Å². The Bertz CT molecular complexity index is 569. The van der Waals surface area contributed by atoms with Gasteiger partial charge in [0.1, 0.15) is 4.64 Å². The summed E-state index contributed by atoms with van der Waals surface area (Å²) in [5.41, 5.74) is 2.60. The first-order chi connectivity index (χ1) is 7.20. The summed E-state index contributed by atoms with van der Waals surface area (Å²) in [6.07, 6.45) is 0. The van der Waals surface area contributed by atoms with Gasteiger partial charge in [-0.25, -0.2) is 4.68 Å². The van der Waals surface area contributed by atoms with E-state index in [1.807, 2.05) is 29.8 Å². The Labute approximate surface area is 92.6 Å². The topological polar surface area (TPSA) is 44.5 Å². The number of nitriles is 1. The molecular weight excluding hydrogens is 206 g/mol. The third kappa shape index (κ3) is 1.83. The molecule has 2 rings (SSSR count). The van der Waals surface area contributed by atoms with Crippen molar-refractivity contribution in [3.8, 4) is 11.8 Å². The van der Waals surface area contributed by atoms with Gasteiger partial charge in [0.25, 0.3) is 0 Å². The number of aryl methyl sites for hydroxylation is 1. The van der Waals surface area contributed by atoms with E-state index in [0.29, 0.717) is 5.56 Å². The maximum Gasteiger partial charge on any atom is 0.127 e. The molecule has 0 aliphatic carbocycles. The summed E-state index contributed by atoms with van der Waals surface area (Å²) in [5.74, 6) is 0. The second-order valence-corrected chi connectivity index (χ2v) is 3.69. The lowest BCUT2D eigenvalue weighted by molar-refractivity contribution is 0.852. The molecule has 0 aliphatic heterocycles. The number of nitrogens with zero attached hydrogens (tertiary/aromatic N) is 2. The minimum Gasteiger partial charge on any atom is -0.297 e. The molecule has 0 saturated carbocycles. The molecule has 0 bridgehead atoms. The van der Waals surface area contributed by atoms with E-state index < -0.39 is 0 Å². The van der Waals surface area contributed by atoms with Crippen LogP contribution in [0.3, 0.4) is 0 Å². The van der Waals surface area contributed by atoms with Gasteiger partial charge in [0.15, 0.2) is 0 Å². The Hall–Kier alpha value is -1.86. The third-order valence-electron chi connectivity index (χ3n) is 2.10. The largest absolute Gasteiger partial charge is 0.297 e. The molecule has 1 heterocycles. The smallest absolute Gasteiger partial charge is 0.127 e. The Morgan fingerprint density at radius 2 is 2.00 bits per heavy atom. The number of H-pyrrole nitrogens is 1. The van der Waals surface area contributed by atoms with Crippen molar-refractivity contribution in [2.75, 3.05) is 0 Å². The lowest BCUT2D eigenvalue weighted by atomic mass is 10.2. The molecule has 74 valence electrons. The molecule has 2 aromatic rings. The minimum atomic E-state index is 0.647. The van der Waals surface area contributed by atoms with Crippen LogP contribution in [0.25, 0.3) is 5.69 Å². The van der Waals surface area contributed by atoms with Crippen molar-refractivity contribution in [3.63, 3.8) is 0 Å². The fourth-order valence-corrected chi connectivity index (χ4v) is 1.72. The molecule has 3 nitrogen and oxygen atoms in total. The van der Waals surface area contributed by atoms with Crippen molar-refractivity contribution in [2.24, 2.45) is 0 Å². The number of aromatic nitrogens is 2. The van der Waals surface area contributed by atoms with Crippen LogP contribution in [0, 0.1) is 22.9 Å². The molecule has 4 heteroatoms. The molecule has 0 unspecified atom stereocenters. The second-order valence-electron chi connectivity index (χ2n) is 3.27. The lowest BCUT2D eigenvalue weighted by Crippen LogP contribution is -1.96. The van der Waals surface area contributed by atoms with E-state index in [-0.39, 0.29) is 0 Å². The number of nitrogens with one attached hydrogen (secondary N) is 1. The quantitative estimate of drug-likeness (QED) is 0.743. The van der Waals surface area contributed by atoms with E-state index >= 15 is 0 Å². The van der Waals surface area contributed by atoms with E-state index in [1.165, 1.54) is 0 Å². The predicted molar refractivity (Wildman–Crippen MR) is 60.4 cm³/mol. The van der Waals surface area contributed by atoms with Gasteiger partial charge in [-0.2, -0.15) is 5.26 Å². The molecule has 1 aromatic carbocycles. The van der Waals surface area contributed by atoms with Crippen LogP contribution in [0.2, 0.25) is 0 Å². The van der Waals surface area contributed by atoms with Crippen LogP contribution in [0.1, 0.15) is 11.3 Å². The molecule has 0 amide bonds. The molecule has 0 saturated heterocycles. The fourth-order valence-electron chi connectivity index (χ4n) is 1.39. The summed E-state index contributed by atoms with van der Waals surface area (Å²) >= 11 is 5.18. The normalized spacial score (nSPS) is 9.87. The van der Waals surface area contributed by atoms with Crippen molar-refractivity contribution >= 4 is 12.2 Å². The highest BCUT2D eigenvalue weighted by atomic mass is 32.1. The Balaban J connectivity index is 2.51. The number of rotatable bonds is 1. The first-order valence-corrected chi connectivity index (χ1v) is 4.91. The van der Waals surface area contributed by atoms with Gasteiger partial charge >= 0.3 is 0 Å². The highest BCUT2D eigenvalue weighted by molar-refractivity contribution is 7.71. The van der Waals surface area contributed by atoms with E-state index in [9.17, 15) is 0 Å². The van der Waals surface area contributed by atoms with Crippen molar-refractivity contribution in [1.82, 2.24) is 9.78 Å². The van der Waals surface area contributed by atoms with E-state index in [2.05, 4.69) is 11.2 Å². The first-order valence-electron chi connectivity index (χ1n) is 4.50. The number of aromatic amines is 1. The summed E-state index contributed by atoms with van der Waals surface area (Å²) < 4.78 is 2.54. The van der Waals surface area contributed by atoms with Crippen molar-refractivity contribution < 1.29 is 0 Å². The molecular formula is C11H9N3S. The average molecular weight is 215 g/mol. The summed E-state index contributed by atoms with van der Waals surface area (Å²) in [4.78, 5) is 0. The molecule has 0 radical (unpaired) electrons. The SMILES string of the molecule is Cc1cc(=S)n(-c2ccc(C#N)cc2)[nH]1. The first kappa shape index (κ1) is 9.69. The summed E-state index contributed by atoms with van der Waals surface area (Å²) in [5, 5.41) is 11.8. The summed E-state index contributed by atoms with van der Waals surface area (Å²) in [6, 6.07) is 11.2. The maximum atomic E-state index is 8.67. The fraction of sp³-hybridized carbons (Fsp3) is 0.0909. The van der Waals surface area contributed by atoms with Gasteiger partial charge in [-0.1, -0.05) is 12.2 Å². The molecule has 0 atom stereocenters. The van der Waals surface area contributed by atoms with E-state index in [0.717, 1.165) is 16.0 Å². The highest BCUT2D eigenvalue weighted by Crippen LogP contribution is 2.10. The summed E-state index contributed by atoms with van der Waals surface area (Å²) in [7, 11) is 0. The third-order valence-corrected chi connectivity index (χ3v) is 2.40. The van der Waals surface area contributed by atoms with Gasteiger partial charge in [0, 0.05) is 5.69 Å². The van der Waals surface area contributed by atoms with Crippen LogP contribution in [-0.4, -0.2) is 9.78 Å². The number of benzene rings is 1. The monoisotopic (exact) mass is 215 g/mol. The minimum absolute atomic E-state index is 0.647. The van der Waals surface area contributed by atoms with Gasteiger partial charge in [0.05, 0.1) is 17.3 Å². The average Bonchev–Trinajstić information content (AvgIpc) is 2.58. The van der Waals surface area contributed by atoms with Gasteiger partial charge in [0.2, 0.25) is 0 Å². The van der Waals surface area contributed by atoms with Crippen LogP contribution in [0.5, 0.6) is 0 Å². The van der Waals surface area contributed by atoms with E-state index in [1.54, 1.807) is 12.1 Å². The molecule has 1 N–H and O–H groups in total. The molecule has 15 heavy (non-hydrogen) atoms. The van der Waals surface area contributed by atoms with Gasteiger partial charge in [-0.15, -0.1) is 0 Å². The maximum absolute atomic E-state index is 8.67. The highest BCUT2D eigenvalue weighted by Gasteiger charge is 1.99. The van der Waals surface area contributed by atoms with Crippen LogP contribution in [0.15, 0.2) is 30.3 Å². The van der Waals surface area contributed by atoms with E-state index in [4.69, 9.17) is 17.5 Å². The predicted octanol–water partition coefficient (Wildman–Crippen LogP) is 2.71. The van der Waals surface area contributed by atoms with Gasteiger partial charge < -0.3 is 0 Å². The zero-order valence-corrected chi connectivity index (χ0v) is 9.01. The second kappa shape index (κ2) is 3.71. The zero-order valence-electron chi connectivity index (χ0n) is 8.19. The summed E-state index contributed by atoms with van der Waals surface area (Å²) in [6.45, 7) is 1.95. The van der Waals surface area contributed by atoms with Crippen LogP contribution >= 0.6 is 12.2 Å². The number of hydrogen-bond acceptors (Lipinski definition) is 2. The van der Waals surface area contributed by atoms with Gasteiger partial charge in [-0.05, 0) is 37.3 Å². The molecule has 1 aromatic heterocycles. The zero-order chi connectivity index (χ0) is 10.8. The molecule has 0 spiro atoms. The Morgan fingerprint density at radius 3 is 2.47 bits per heavy atom. The lowest BCUT2D eigenvalue weighted by Gasteiger charge is -2.02. The standard InChI is InChI=1S/C11H9N3S/c1-8-6-11(15)14(13-8)10-4-2-9(7-12)3-5-10/h2-6,13H,1H3. The van der Waals surface area contributed by atoms with Crippen LogP contribution in [0.4, 0.5) is 0 Å². The molecule has 0 aliphatic rings. The number of hydrogen-bond donors (Lipinski definition) is 1. The van der Waals surface area contributed by atoms with Crippen molar-refractivity contribution in [2.45, 2.75) is 6.92 Å². The van der Waals surface area contributed by atoms with Crippen molar-refractivity contribution in [3.05, 3.63) is 46.2 Å².